The molecule has 2 unspecified atom stereocenters. The van der Waals surface area contributed by atoms with E-state index in [1.165, 1.54) is 6.07 Å². The lowest BCUT2D eigenvalue weighted by molar-refractivity contribution is -0.137. The highest BCUT2D eigenvalue weighted by molar-refractivity contribution is 5.61. The van der Waals surface area contributed by atoms with Crippen molar-refractivity contribution in [2.24, 2.45) is 5.73 Å². The number of halogens is 3. The van der Waals surface area contributed by atoms with Gasteiger partial charge < -0.3 is 10.6 Å². The topological polar surface area (TPSA) is 29.3 Å². The van der Waals surface area contributed by atoms with Gasteiger partial charge in [0.05, 0.1) is 5.56 Å². The maximum Gasteiger partial charge on any atom is 0.416 e. The summed E-state index contributed by atoms with van der Waals surface area (Å²) in [5.41, 5.74) is 6.80. The van der Waals surface area contributed by atoms with Gasteiger partial charge in [-0.3, -0.25) is 0 Å². The van der Waals surface area contributed by atoms with Gasteiger partial charge in [-0.05, 0) is 31.0 Å². The highest BCUT2D eigenvalue weighted by Gasteiger charge is 2.34. The molecule has 0 saturated carbocycles. The zero-order chi connectivity index (χ0) is 12.8. The molecule has 0 saturated heterocycles. The monoisotopic (exact) mass is 244 g/mol. The lowest BCUT2D eigenvalue weighted by atomic mass is 10.0. The molecule has 0 bridgehead atoms. The Morgan fingerprint density at radius 2 is 2.06 bits per heavy atom. The Labute approximate surface area is 98.2 Å². The van der Waals surface area contributed by atoms with Gasteiger partial charge in [-0.15, -0.1) is 0 Å². The lowest BCUT2D eigenvalue weighted by Crippen LogP contribution is -2.42. The van der Waals surface area contributed by atoms with E-state index in [0.29, 0.717) is 12.1 Å². The molecule has 0 aromatic heterocycles. The number of alkyl halides is 3. The minimum Gasteiger partial charge on any atom is -0.369 e. The predicted molar refractivity (Wildman–Crippen MR) is 61.0 cm³/mol. The average Bonchev–Trinajstić information content (AvgIpc) is 2.54. The Hall–Kier alpha value is -1.23. The molecule has 0 spiro atoms. The van der Waals surface area contributed by atoms with Crippen molar-refractivity contribution in [3.8, 4) is 0 Å². The normalized spacial score (nSPS) is 21.5. The van der Waals surface area contributed by atoms with E-state index < -0.39 is 11.7 Å². The van der Waals surface area contributed by atoms with Gasteiger partial charge in [0.15, 0.2) is 0 Å². The summed E-state index contributed by atoms with van der Waals surface area (Å²) in [5.74, 6) is 0. The summed E-state index contributed by atoms with van der Waals surface area (Å²) in [7, 11) is 1.79. The fourth-order valence-electron chi connectivity index (χ4n) is 2.32. The van der Waals surface area contributed by atoms with Crippen molar-refractivity contribution in [3.05, 3.63) is 29.3 Å². The first-order chi connectivity index (χ1) is 7.80. The van der Waals surface area contributed by atoms with Crippen LogP contribution in [0.25, 0.3) is 0 Å². The molecule has 1 heterocycles. The zero-order valence-electron chi connectivity index (χ0n) is 9.75. The van der Waals surface area contributed by atoms with Gasteiger partial charge in [0.25, 0.3) is 0 Å². The number of nitrogens with zero attached hydrogens (tertiary/aromatic N) is 1. The average molecular weight is 244 g/mol. The quantitative estimate of drug-likeness (QED) is 0.822. The minimum atomic E-state index is -4.29. The van der Waals surface area contributed by atoms with Crippen molar-refractivity contribution in [1.82, 2.24) is 0 Å². The van der Waals surface area contributed by atoms with Crippen LogP contribution in [0.3, 0.4) is 0 Å². The Morgan fingerprint density at radius 3 is 2.59 bits per heavy atom. The molecule has 17 heavy (non-hydrogen) atoms. The molecule has 1 aromatic carbocycles. The van der Waals surface area contributed by atoms with Gasteiger partial charge in [0, 0.05) is 24.8 Å². The summed E-state index contributed by atoms with van der Waals surface area (Å²) in [6.07, 6.45) is -3.58. The minimum absolute atomic E-state index is 0.0678. The van der Waals surface area contributed by atoms with E-state index in [2.05, 4.69) is 0 Å². The molecule has 94 valence electrons. The van der Waals surface area contributed by atoms with Crippen LogP contribution >= 0.6 is 0 Å². The summed E-state index contributed by atoms with van der Waals surface area (Å²) in [5, 5.41) is 0. The van der Waals surface area contributed by atoms with E-state index >= 15 is 0 Å². The molecule has 0 radical (unpaired) electrons. The second-order valence-electron chi connectivity index (χ2n) is 4.58. The first kappa shape index (κ1) is 12.2. The maximum absolute atomic E-state index is 12.6. The summed E-state index contributed by atoms with van der Waals surface area (Å²) in [6, 6.07) is 3.90. The summed E-state index contributed by atoms with van der Waals surface area (Å²) in [6.45, 7) is 1.87. The number of rotatable bonds is 1. The molecular weight excluding hydrogens is 229 g/mol. The van der Waals surface area contributed by atoms with E-state index in [4.69, 9.17) is 5.73 Å². The maximum atomic E-state index is 12.6. The zero-order valence-corrected chi connectivity index (χ0v) is 9.75. The second kappa shape index (κ2) is 3.91. The molecular formula is C12H15F3N2. The standard InChI is InChI=1S/C12H15F3N2/c1-7(16)10-5-8-3-4-9(12(13,14)15)6-11(8)17(10)2/h3-4,6-7,10H,5,16H2,1-2H3. The van der Waals surface area contributed by atoms with Crippen LogP contribution in [0.15, 0.2) is 18.2 Å². The van der Waals surface area contributed by atoms with Crippen LogP contribution in [0.2, 0.25) is 0 Å². The number of fused-ring (bicyclic) bond motifs is 1. The Balaban J connectivity index is 2.38. The van der Waals surface area contributed by atoms with Crippen molar-refractivity contribution < 1.29 is 13.2 Å². The highest BCUT2D eigenvalue weighted by Crippen LogP contribution is 2.37. The molecule has 0 aliphatic carbocycles. The van der Waals surface area contributed by atoms with Crippen molar-refractivity contribution in [3.63, 3.8) is 0 Å². The number of hydrogen-bond acceptors (Lipinski definition) is 2. The molecule has 2 atom stereocenters. The lowest BCUT2D eigenvalue weighted by Gasteiger charge is -2.25. The summed E-state index contributed by atoms with van der Waals surface area (Å²) >= 11 is 0. The number of benzene rings is 1. The van der Waals surface area contributed by atoms with Crippen molar-refractivity contribution >= 4 is 5.69 Å². The first-order valence-electron chi connectivity index (χ1n) is 5.49. The Morgan fingerprint density at radius 1 is 1.41 bits per heavy atom. The van der Waals surface area contributed by atoms with Crippen LogP contribution in [0.5, 0.6) is 0 Å². The summed E-state index contributed by atoms with van der Waals surface area (Å²) < 4.78 is 37.8. The SMILES string of the molecule is CC(N)C1Cc2ccc(C(F)(F)F)cc2N1C. The van der Waals surface area contributed by atoms with E-state index in [1.807, 2.05) is 11.8 Å². The second-order valence-corrected chi connectivity index (χ2v) is 4.58. The van der Waals surface area contributed by atoms with Crippen LogP contribution in [0.4, 0.5) is 18.9 Å². The van der Waals surface area contributed by atoms with Gasteiger partial charge in [0.1, 0.15) is 0 Å². The molecule has 1 aromatic rings. The smallest absolute Gasteiger partial charge is 0.369 e. The molecule has 2 rings (SSSR count). The Kier molecular flexibility index (Phi) is 2.81. The van der Waals surface area contributed by atoms with E-state index in [1.54, 1.807) is 13.1 Å². The fourth-order valence-corrected chi connectivity index (χ4v) is 2.32. The number of anilines is 1. The van der Waals surface area contributed by atoms with Crippen LogP contribution in [0, 0.1) is 0 Å². The van der Waals surface area contributed by atoms with Crippen LogP contribution in [-0.4, -0.2) is 19.1 Å². The molecule has 0 fully saturated rings. The van der Waals surface area contributed by atoms with Gasteiger partial charge in [-0.2, -0.15) is 13.2 Å². The molecule has 1 aliphatic rings. The molecule has 5 heteroatoms. The van der Waals surface area contributed by atoms with Crippen molar-refractivity contribution in [2.45, 2.75) is 31.6 Å². The van der Waals surface area contributed by atoms with Gasteiger partial charge in [-0.1, -0.05) is 6.07 Å². The Bertz CT molecular complexity index is 426. The molecule has 1 aliphatic heterocycles. The van der Waals surface area contributed by atoms with Crippen LogP contribution in [0.1, 0.15) is 18.1 Å². The highest BCUT2D eigenvalue weighted by atomic mass is 19.4. The fraction of sp³-hybridized carbons (Fsp3) is 0.500. The first-order valence-corrected chi connectivity index (χ1v) is 5.49. The molecule has 0 amide bonds. The number of hydrogen-bond donors (Lipinski definition) is 1. The predicted octanol–water partition coefficient (Wildman–Crippen LogP) is 2.41. The van der Waals surface area contributed by atoms with Crippen LogP contribution in [-0.2, 0) is 12.6 Å². The van der Waals surface area contributed by atoms with E-state index in [9.17, 15) is 13.2 Å². The molecule has 2 nitrogen and oxygen atoms in total. The third-order valence-electron chi connectivity index (χ3n) is 3.33. The number of likely N-dealkylation sites (N-methyl/N-ethyl adjacent to an activating group) is 1. The van der Waals surface area contributed by atoms with E-state index in [-0.39, 0.29) is 12.1 Å². The van der Waals surface area contributed by atoms with Crippen LogP contribution < -0.4 is 10.6 Å². The molecule has 2 N–H and O–H groups in total. The van der Waals surface area contributed by atoms with Gasteiger partial charge >= 0.3 is 6.18 Å². The third-order valence-corrected chi connectivity index (χ3v) is 3.33. The van der Waals surface area contributed by atoms with E-state index in [0.717, 1.165) is 11.6 Å². The van der Waals surface area contributed by atoms with Crippen molar-refractivity contribution in [2.75, 3.05) is 11.9 Å². The van der Waals surface area contributed by atoms with Gasteiger partial charge in [-0.25, -0.2) is 0 Å². The largest absolute Gasteiger partial charge is 0.416 e. The van der Waals surface area contributed by atoms with Crippen molar-refractivity contribution in [1.29, 1.82) is 0 Å². The van der Waals surface area contributed by atoms with Gasteiger partial charge in [0.2, 0.25) is 0 Å². The summed E-state index contributed by atoms with van der Waals surface area (Å²) in [4.78, 5) is 1.84. The third kappa shape index (κ3) is 2.11. The number of nitrogens with two attached hydrogens (primary N) is 1.